The summed E-state index contributed by atoms with van der Waals surface area (Å²) in [7, 11) is 2.01. The molecule has 2 atom stereocenters. The van der Waals surface area contributed by atoms with Gasteiger partial charge in [0.2, 0.25) is 0 Å². The quantitative estimate of drug-likeness (QED) is 0.805. The number of ether oxygens (including phenoxy) is 1. The van der Waals surface area contributed by atoms with Gasteiger partial charge in [0.25, 0.3) is 0 Å². The van der Waals surface area contributed by atoms with Gasteiger partial charge in [-0.25, -0.2) is 0 Å². The van der Waals surface area contributed by atoms with Crippen LogP contribution in [-0.4, -0.2) is 19.8 Å². The molecule has 1 aromatic rings. The van der Waals surface area contributed by atoms with E-state index in [1.807, 2.05) is 19.2 Å². The highest BCUT2D eigenvalue weighted by Gasteiger charge is 2.16. The average molecular weight is 347 g/mol. The van der Waals surface area contributed by atoms with Crippen molar-refractivity contribution in [1.29, 1.82) is 0 Å². The lowest BCUT2D eigenvalue weighted by molar-refractivity contribution is 0.101. The number of benzene rings is 1. The van der Waals surface area contributed by atoms with Gasteiger partial charge in [0.05, 0.1) is 11.1 Å². The van der Waals surface area contributed by atoms with E-state index in [1.165, 1.54) is 31.2 Å². The SMILES string of the molecule is CNC(CCCC1CCCO1)c1ccc(Br)c(Cl)c1. The van der Waals surface area contributed by atoms with E-state index < -0.39 is 0 Å². The van der Waals surface area contributed by atoms with Crippen molar-refractivity contribution in [3.8, 4) is 0 Å². The molecule has 2 unspecified atom stereocenters. The molecule has 0 spiro atoms. The smallest absolute Gasteiger partial charge is 0.0576 e. The summed E-state index contributed by atoms with van der Waals surface area (Å²) in [5.41, 5.74) is 1.25. The van der Waals surface area contributed by atoms with Crippen LogP contribution >= 0.6 is 27.5 Å². The van der Waals surface area contributed by atoms with Gasteiger partial charge in [0.15, 0.2) is 0 Å². The molecule has 1 fully saturated rings. The van der Waals surface area contributed by atoms with Gasteiger partial charge < -0.3 is 10.1 Å². The third-order valence-corrected chi connectivity index (χ3v) is 4.97. The summed E-state index contributed by atoms with van der Waals surface area (Å²) in [4.78, 5) is 0. The zero-order chi connectivity index (χ0) is 13.7. The Labute approximate surface area is 129 Å². The highest BCUT2D eigenvalue weighted by molar-refractivity contribution is 9.10. The summed E-state index contributed by atoms with van der Waals surface area (Å²) < 4.78 is 6.61. The van der Waals surface area contributed by atoms with Crippen molar-refractivity contribution in [3.63, 3.8) is 0 Å². The fraction of sp³-hybridized carbons (Fsp3) is 0.600. The first kappa shape index (κ1) is 15.3. The maximum atomic E-state index is 6.16. The largest absolute Gasteiger partial charge is 0.378 e. The van der Waals surface area contributed by atoms with Crippen LogP contribution in [0, 0.1) is 0 Å². The molecule has 1 saturated heterocycles. The molecule has 0 aliphatic carbocycles. The second-order valence-electron chi connectivity index (χ2n) is 5.08. The van der Waals surface area contributed by atoms with Crippen LogP contribution in [0.25, 0.3) is 0 Å². The molecule has 1 aromatic carbocycles. The van der Waals surface area contributed by atoms with Crippen LogP contribution in [0.3, 0.4) is 0 Å². The van der Waals surface area contributed by atoms with Crippen LogP contribution in [0.15, 0.2) is 22.7 Å². The predicted molar refractivity (Wildman–Crippen MR) is 83.8 cm³/mol. The molecule has 1 N–H and O–H groups in total. The summed E-state index contributed by atoms with van der Waals surface area (Å²) in [6.07, 6.45) is 6.42. The van der Waals surface area contributed by atoms with Gasteiger partial charge in [-0.3, -0.25) is 0 Å². The second-order valence-corrected chi connectivity index (χ2v) is 6.34. The molecular weight excluding hydrogens is 326 g/mol. The fourth-order valence-electron chi connectivity index (χ4n) is 2.63. The Morgan fingerprint density at radius 1 is 1.53 bits per heavy atom. The summed E-state index contributed by atoms with van der Waals surface area (Å²) in [6.45, 7) is 0.947. The number of nitrogens with one attached hydrogen (secondary N) is 1. The Balaban J connectivity index is 1.86. The first-order chi connectivity index (χ1) is 9.20. The lowest BCUT2D eigenvalue weighted by atomic mass is 9.99. The lowest BCUT2D eigenvalue weighted by Crippen LogP contribution is -2.17. The molecule has 0 radical (unpaired) electrons. The number of hydrogen-bond donors (Lipinski definition) is 1. The van der Waals surface area contributed by atoms with Gasteiger partial charge >= 0.3 is 0 Å². The van der Waals surface area contributed by atoms with Crippen LogP contribution < -0.4 is 5.32 Å². The lowest BCUT2D eigenvalue weighted by Gasteiger charge is -2.18. The molecule has 0 saturated carbocycles. The van der Waals surface area contributed by atoms with E-state index in [0.717, 1.165) is 22.5 Å². The van der Waals surface area contributed by atoms with Gasteiger partial charge in [-0.1, -0.05) is 17.7 Å². The van der Waals surface area contributed by atoms with E-state index in [9.17, 15) is 0 Å². The van der Waals surface area contributed by atoms with Gasteiger partial charge in [0, 0.05) is 17.1 Å². The van der Waals surface area contributed by atoms with E-state index in [0.29, 0.717) is 12.1 Å². The topological polar surface area (TPSA) is 21.3 Å². The monoisotopic (exact) mass is 345 g/mol. The number of rotatable bonds is 6. The molecule has 1 aliphatic rings. The van der Waals surface area contributed by atoms with Crippen molar-refractivity contribution in [2.75, 3.05) is 13.7 Å². The van der Waals surface area contributed by atoms with Gasteiger partial charge in [-0.15, -0.1) is 0 Å². The molecule has 0 amide bonds. The molecule has 2 nitrogen and oxygen atoms in total. The molecular formula is C15H21BrClNO. The predicted octanol–water partition coefficient (Wildman–Crippen LogP) is 4.71. The minimum Gasteiger partial charge on any atom is -0.378 e. The Kier molecular flexibility index (Phi) is 6.14. The molecule has 0 aromatic heterocycles. The van der Waals surface area contributed by atoms with E-state index in [2.05, 4.69) is 27.3 Å². The first-order valence-electron chi connectivity index (χ1n) is 6.94. The molecule has 0 bridgehead atoms. The van der Waals surface area contributed by atoms with E-state index in [4.69, 9.17) is 16.3 Å². The molecule has 106 valence electrons. The normalized spacial score (nSPS) is 20.7. The first-order valence-corrected chi connectivity index (χ1v) is 8.11. The van der Waals surface area contributed by atoms with Crippen molar-refractivity contribution in [2.45, 2.75) is 44.2 Å². The van der Waals surface area contributed by atoms with E-state index >= 15 is 0 Å². The van der Waals surface area contributed by atoms with Crippen molar-refractivity contribution >= 4 is 27.5 Å². The van der Waals surface area contributed by atoms with Crippen molar-refractivity contribution in [1.82, 2.24) is 5.32 Å². The van der Waals surface area contributed by atoms with Gasteiger partial charge in [-0.05, 0) is 72.8 Å². The van der Waals surface area contributed by atoms with Gasteiger partial charge in [-0.2, -0.15) is 0 Å². The minimum absolute atomic E-state index is 0.368. The maximum absolute atomic E-state index is 6.16. The zero-order valence-corrected chi connectivity index (χ0v) is 13.6. The fourth-order valence-corrected chi connectivity index (χ4v) is 3.06. The zero-order valence-electron chi connectivity index (χ0n) is 11.3. The van der Waals surface area contributed by atoms with Crippen molar-refractivity contribution in [2.24, 2.45) is 0 Å². The Bertz CT molecular complexity index is 407. The molecule has 1 aliphatic heterocycles. The minimum atomic E-state index is 0.368. The highest BCUT2D eigenvalue weighted by Crippen LogP contribution is 2.28. The standard InChI is InChI=1S/C15H21BrClNO/c1-18-15(6-2-4-12-5-3-9-19-12)11-7-8-13(16)14(17)10-11/h7-8,10,12,15,18H,2-6,9H2,1H3. The van der Waals surface area contributed by atoms with Crippen LogP contribution in [0.1, 0.15) is 43.7 Å². The Morgan fingerprint density at radius 2 is 2.37 bits per heavy atom. The Morgan fingerprint density at radius 3 is 3.00 bits per heavy atom. The molecule has 19 heavy (non-hydrogen) atoms. The highest BCUT2D eigenvalue weighted by atomic mass is 79.9. The summed E-state index contributed by atoms with van der Waals surface area (Å²) in [5.74, 6) is 0. The third-order valence-electron chi connectivity index (χ3n) is 3.74. The van der Waals surface area contributed by atoms with Crippen molar-refractivity contribution in [3.05, 3.63) is 33.3 Å². The van der Waals surface area contributed by atoms with Crippen LogP contribution in [0.5, 0.6) is 0 Å². The van der Waals surface area contributed by atoms with Crippen LogP contribution in [-0.2, 0) is 4.74 Å². The maximum Gasteiger partial charge on any atom is 0.0576 e. The van der Waals surface area contributed by atoms with Crippen LogP contribution in [0.4, 0.5) is 0 Å². The second kappa shape index (κ2) is 7.63. The number of halogens is 2. The van der Waals surface area contributed by atoms with Crippen molar-refractivity contribution < 1.29 is 4.74 Å². The summed E-state index contributed by atoms with van der Waals surface area (Å²) >= 11 is 9.59. The molecule has 1 heterocycles. The Hall–Kier alpha value is -0.0900. The average Bonchev–Trinajstić information content (AvgIpc) is 2.91. The van der Waals surface area contributed by atoms with E-state index in [-0.39, 0.29) is 0 Å². The molecule has 2 rings (SSSR count). The van der Waals surface area contributed by atoms with E-state index in [1.54, 1.807) is 0 Å². The third kappa shape index (κ3) is 4.45. The summed E-state index contributed by atoms with van der Waals surface area (Å²) in [5, 5.41) is 4.15. The van der Waals surface area contributed by atoms with Gasteiger partial charge in [0.1, 0.15) is 0 Å². The molecule has 4 heteroatoms. The van der Waals surface area contributed by atoms with Crippen LogP contribution in [0.2, 0.25) is 5.02 Å². The number of hydrogen-bond acceptors (Lipinski definition) is 2. The summed E-state index contributed by atoms with van der Waals surface area (Å²) in [6, 6.07) is 6.55.